The van der Waals surface area contributed by atoms with Crippen LogP contribution in [0, 0.1) is 0 Å². The van der Waals surface area contributed by atoms with Crippen molar-refractivity contribution in [3.05, 3.63) is 217 Å². The first-order valence-corrected chi connectivity index (χ1v) is 22.9. The molecule has 0 bridgehead atoms. The van der Waals surface area contributed by atoms with Gasteiger partial charge in [-0.05, 0) is 129 Å². The Kier molecular flexibility index (Phi) is 8.97. The number of rotatable bonds is 7. The van der Waals surface area contributed by atoms with Gasteiger partial charge in [-0.1, -0.05) is 179 Å². The minimum Gasteiger partial charge on any atom is -0.310 e. The Morgan fingerprint density at radius 2 is 1.14 bits per heavy atom. The number of hydrogen-bond donors (Lipinski definition) is 0. The molecule has 2 heteroatoms. The van der Waals surface area contributed by atoms with E-state index >= 15 is 0 Å². The molecule has 0 amide bonds. The van der Waals surface area contributed by atoms with Crippen molar-refractivity contribution in [2.24, 2.45) is 0 Å². The maximum atomic E-state index is 2.55. The van der Waals surface area contributed by atoms with E-state index in [4.69, 9.17) is 0 Å². The molecule has 12 rings (SSSR count). The highest BCUT2D eigenvalue weighted by Gasteiger charge is 2.36. The molecule has 0 unspecified atom stereocenters. The number of benzene rings is 9. The standard InChI is InChI=1S/C61H50N2/c1-61(2)55-28-15-14-25-51(55)52-36-35-48(40-56(52)61)62(47-33-29-42(30-34-47)41-17-6-3-7-18-41)58-38-31-44-21-12-13-24-49(44)59(58)45-32-37-57-54(39-45)53-27-16-26-50(43-19-8-4-9-20-43)60(53)63(57)46-22-10-5-11-23-46/h3,5-7,10-18,21-40,43H,4,8-9,19-20H2,1-2H3. The number of hydrogen-bond acceptors (Lipinski definition) is 1. The van der Waals surface area contributed by atoms with Gasteiger partial charge in [0.15, 0.2) is 0 Å². The zero-order valence-electron chi connectivity index (χ0n) is 36.1. The molecule has 0 atom stereocenters. The Labute approximate surface area is 370 Å². The lowest BCUT2D eigenvalue weighted by molar-refractivity contribution is 0.445. The van der Waals surface area contributed by atoms with Crippen LogP contribution in [-0.2, 0) is 5.41 Å². The third-order valence-electron chi connectivity index (χ3n) is 14.4. The van der Waals surface area contributed by atoms with E-state index in [-0.39, 0.29) is 5.41 Å². The smallest absolute Gasteiger partial charge is 0.0575 e. The van der Waals surface area contributed by atoms with Gasteiger partial charge in [-0.25, -0.2) is 0 Å². The summed E-state index contributed by atoms with van der Waals surface area (Å²) >= 11 is 0. The summed E-state index contributed by atoms with van der Waals surface area (Å²) in [5, 5.41) is 5.09. The van der Waals surface area contributed by atoms with Crippen molar-refractivity contribution in [3.63, 3.8) is 0 Å². The van der Waals surface area contributed by atoms with E-state index in [2.05, 4.69) is 224 Å². The number of aromatic nitrogens is 1. The Bertz CT molecular complexity index is 3330. The summed E-state index contributed by atoms with van der Waals surface area (Å²) in [6.45, 7) is 4.76. The summed E-state index contributed by atoms with van der Waals surface area (Å²) in [5.41, 5.74) is 18.9. The lowest BCUT2D eigenvalue weighted by Gasteiger charge is -2.30. The number of anilines is 3. The lowest BCUT2D eigenvalue weighted by atomic mass is 9.82. The molecule has 0 radical (unpaired) electrons. The van der Waals surface area contributed by atoms with Crippen molar-refractivity contribution in [2.75, 3.05) is 4.90 Å². The highest BCUT2D eigenvalue weighted by atomic mass is 15.1. The van der Waals surface area contributed by atoms with Crippen LogP contribution in [0.1, 0.15) is 68.6 Å². The molecule has 63 heavy (non-hydrogen) atoms. The predicted octanol–water partition coefficient (Wildman–Crippen LogP) is 17.1. The van der Waals surface area contributed by atoms with Crippen LogP contribution >= 0.6 is 0 Å². The predicted molar refractivity (Wildman–Crippen MR) is 267 cm³/mol. The van der Waals surface area contributed by atoms with E-state index in [0.29, 0.717) is 5.92 Å². The molecule has 2 aliphatic carbocycles. The molecule has 0 spiro atoms. The van der Waals surface area contributed by atoms with Crippen molar-refractivity contribution in [2.45, 2.75) is 57.3 Å². The van der Waals surface area contributed by atoms with Crippen molar-refractivity contribution >= 4 is 49.6 Å². The molecule has 1 fully saturated rings. The van der Waals surface area contributed by atoms with Crippen LogP contribution in [0.2, 0.25) is 0 Å². The summed E-state index contributed by atoms with van der Waals surface area (Å²) in [7, 11) is 0. The fraction of sp³-hybridized carbons (Fsp3) is 0.148. The molecule has 0 aliphatic heterocycles. The SMILES string of the molecule is CC1(C)c2ccccc2-c2ccc(N(c3ccc(-c4ccccc4)cc3)c3ccc4ccccc4c3-c3ccc4c(c3)c3cccc(C5CCCCC5)c3n4-c3ccccc3)cc21. The first-order chi connectivity index (χ1) is 31.0. The maximum absolute atomic E-state index is 2.55. The van der Waals surface area contributed by atoms with Crippen LogP contribution in [0.4, 0.5) is 17.1 Å². The molecular weight excluding hydrogens is 761 g/mol. The van der Waals surface area contributed by atoms with Gasteiger partial charge in [-0.2, -0.15) is 0 Å². The highest BCUT2D eigenvalue weighted by molar-refractivity contribution is 6.14. The summed E-state index contributed by atoms with van der Waals surface area (Å²) in [6, 6.07) is 74.9. The monoisotopic (exact) mass is 810 g/mol. The number of para-hydroxylation sites is 2. The second-order valence-corrected chi connectivity index (χ2v) is 18.3. The van der Waals surface area contributed by atoms with Gasteiger partial charge in [0.2, 0.25) is 0 Å². The van der Waals surface area contributed by atoms with Gasteiger partial charge in [0.05, 0.1) is 16.7 Å². The normalized spacial score (nSPS) is 14.6. The van der Waals surface area contributed by atoms with Gasteiger partial charge in [0.1, 0.15) is 0 Å². The zero-order valence-corrected chi connectivity index (χ0v) is 36.1. The van der Waals surface area contributed by atoms with Crippen LogP contribution in [0.3, 0.4) is 0 Å². The van der Waals surface area contributed by atoms with Crippen molar-refractivity contribution in [1.82, 2.24) is 4.57 Å². The Morgan fingerprint density at radius 3 is 1.97 bits per heavy atom. The summed E-state index contributed by atoms with van der Waals surface area (Å²) in [5.74, 6) is 0.574. The van der Waals surface area contributed by atoms with Crippen LogP contribution < -0.4 is 4.90 Å². The van der Waals surface area contributed by atoms with E-state index in [1.807, 2.05) is 0 Å². The van der Waals surface area contributed by atoms with E-state index in [9.17, 15) is 0 Å². The molecule has 0 N–H and O–H groups in total. The summed E-state index contributed by atoms with van der Waals surface area (Å²) < 4.78 is 2.55. The second-order valence-electron chi connectivity index (χ2n) is 18.3. The first kappa shape index (κ1) is 37.6. The molecule has 0 saturated heterocycles. The highest BCUT2D eigenvalue weighted by Crippen LogP contribution is 2.52. The summed E-state index contributed by atoms with van der Waals surface area (Å²) in [6.07, 6.45) is 6.47. The third kappa shape index (κ3) is 6.15. The molecule has 9 aromatic carbocycles. The van der Waals surface area contributed by atoms with Crippen molar-refractivity contribution in [1.29, 1.82) is 0 Å². The molecule has 304 valence electrons. The quantitative estimate of drug-likeness (QED) is 0.156. The average molecular weight is 811 g/mol. The molecular formula is C61H50N2. The van der Waals surface area contributed by atoms with Crippen LogP contribution in [0.25, 0.3) is 71.6 Å². The first-order valence-electron chi connectivity index (χ1n) is 22.9. The zero-order chi connectivity index (χ0) is 42.1. The summed E-state index contributed by atoms with van der Waals surface area (Å²) in [4.78, 5) is 2.51. The largest absolute Gasteiger partial charge is 0.310 e. The maximum Gasteiger partial charge on any atom is 0.0575 e. The molecule has 2 aliphatic rings. The van der Waals surface area contributed by atoms with E-state index < -0.39 is 0 Å². The van der Waals surface area contributed by atoms with Gasteiger partial charge in [0.25, 0.3) is 0 Å². The molecule has 1 aromatic heterocycles. The van der Waals surface area contributed by atoms with E-state index in [1.54, 1.807) is 0 Å². The van der Waals surface area contributed by atoms with E-state index in [1.165, 1.54) is 120 Å². The topological polar surface area (TPSA) is 8.17 Å². The van der Waals surface area contributed by atoms with Crippen LogP contribution in [0.15, 0.2) is 200 Å². The minimum absolute atomic E-state index is 0.133. The van der Waals surface area contributed by atoms with Gasteiger partial charge in [0, 0.05) is 38.8 Å². The number of nitrogens with zero attached hydrogens (tertiary/aromatic N) is 2. The van der Waals surface area contributed by atoms with Crippen molar-refractivity contribution < 1.29 is 0 Å². The second kappa shape index (κ2) is 15.0. The number of fused-ring (bicyclic) bond motifs is 7. The Balaban J connectivity index is 1.11. The van der Waals surface area contributed by atoms with E-state index in [0.717, 1.165) is 17.1 Å². The van der Waals surface area contributed by atoms with Crippen molar-refractivity contribution in [3.8, 4) is 39.1 Å². The molecule has 2 nitrogen and oxygen atoms in total. The van der Waals surface area contributed by atoms with Crippen LogP contribution in [-0.4, -0.2) is 4.57 Å². The fourth-order valence-corrected chi connectivity index (χ4v) is 11.3. The Hall–Kier alpha value is -7.16. The third-order valence-corrected chi connectivity index (χ3v) is 14.4. The van der Waals surface area contributed by atoms with Gasteiger partial charge in [-0.15, -0.1) is 0 Å². The molecule has 1 heterocycles. The average Bonchev–Trinajstić information content (AvgIpc) is 3.80. The van der Waals surface area contributed by atoms with Gasteiger partial charge < -0.3 is 9.47 Å². The fourth-order valence-electron chi connectivity index (χ4n) is 11.3. The molecule has 10 aromatic rings. The van der Waals surface area contributed by atoms with Gasteiger partial charge in [-0.3, -0.25) is 0 Å². The van der Waals surface area contributed by atoms with Crippen LogP contribution in [0.5, 0.6) is 0 Å². The molecule has 1 saturated carbocycles. The van der Waals surface area contributed by atoms with Gasteiger partial charge >= 0.3 is 0 Å². The Morgan fingerprint density at radius 1 is 0.476 bits per heavy atom. The minimum atomic E-state index is -0.133. The lowest BCUT2D eigenvalue weighted by Crippen LogP contribution is -2.17.